The van der Waals surface area contributed by atoms with E-state index in [-0.39, 0.29) is 0 Å². The highest BCUT2D eigenvalue weighted by Gasteiger charge is 2.30. The van der Waals surface area contributed by atoms with Crippen molar-refractivity contribution in [2.45, 2.75) is 32.7 Å². The summed E-state index contributed by atoms with van der Waals surface area (Å²) in [6.07, 6.45) is 2.02. The highest BCUT2D eigenvalue weighted by atomic mass is 32.1. The van der Waals surface area contributed by atoms with Gasteiger partial charge in [0, 0.05) is 57.5 Å². The minimum Gasteiger partial charge on any atom is -0.478 e. The first-order chi connectivity index (χ1) is 12.0. The molecule has 0 saturated carbocycles. The second-order valence-corrected chi connectivity index (χ2v) is 7.91. The Kier molecular flexibility index (Phi) is 5.86. The number of carboxylic acid groups (broad SMARTS) is 1. The monoisotopic (exact) mass is 367 g/mol. The Balaban J connectivity index is 1.93. The Bertz CT molecular complexity index is 605. The number of carbonyl (C=O) groups is 1. The van der Waals surface area contributed by atoms with Gasteiger partial charge in [0.1, 0.15) is 5.00 Å². The summed E-state index contributed by atoms with van der Waals surface area (Å²) >= 11 is 1.66. The standard InChI is InChI=1S/C18H29N3O3S/c1-4-21(14-5-11-24-12-6-14)16-13(2)15(18(22)23)17(25-16)20-9-7-19(3)8-10-20/h14H,4-12H2,1-3H3,(H,22,23). The number of piperazine rings is 1. The molecule has 0 aromatic carbocycles. The Morgan fingerprint density at radius 3 is 2.48 bits per heavy atom. The van der Waals surface area contributed by atoms with E-state index in [1.54, 1.807) is 11.3 Å². The van der Waals surface area contributed by atoms with E-state index in [9.17, 15) is 9.90 Å². The molecule has 2 fully saturated rings. The van der Waals surface area contributed by atoms with Crippen molar-refractivity contribution in [2.24, 2.45) is 0 Å². The Labute approximate surface area is 154 Å². The molecule has 0 amide bonds. The lowest BCUT2D eigenvalue weighted by Crippen LogP contribution is -2.44. The van der Waals surface area contributed by atoms with Crippen molar-refractivity contribution in [2.75, 3.05) is 62.8 Å². The normalized spacial score (nSPS) is 20.0. The van der Waals surface area contributed by atoms with Crippen molar-refractivity contribution in [3.63, 3.8) is 0 Å². The van der Waals surface area contributed by atoms with Crippen LogP contribution in [-0.4, -0.2) is 75.0 Å². The summed E-state index contributed by atoms with van der Waals surface area (Å²) < 4.78 is 5.50. The third-order valence-electron chi connectivity index (χ3n) is 5.34. The van der Waals surface area contributed by atoms with Crippen molar-refractivity contribution in [3.8, 4) is 0 Å². The molecule has 0 radical (unpaired) electrons. The Morgan fingerprint density at radius 2 is 1.92 bits per heavy atom. The van der Waals surface area contributed by atoms with Crippen LogP contribution in [0.3, 0.4) is 0 Å². The van der Waals surface area contributed by atoms with Crippen molar-refractivity contribution < 1.29 is 14.6 Å². The quantitative estimate of drug-likeness (QED) is 0.863. The van der Waals surface area contributed by atoms with Crippen LogP contribution in [0.1, 0.15) is 35.7 Å². The zero-order valence-corrected chi connectivity index (χ0v) is 16.3. The second-order valence-electron chi connectivity index (χ2n) is 6.94. The van der Waals surface area contributed by atoms with Gasteiger partial charge in [0.25, 0.3) is 0 Å². The van der Waals surface area contributed by atoms with Crippen molar-refractivity contribution >= 4 is 27.3 Å². The van der Waals surface area contributed by atoms with E-state index in [0.29, 0.717) is 11.6 Å². The topological polar surface area (TPSA) is 56.2 Å². The van der Waals surface area contributed by atoms with Crippen LogP contribution in [0.2, 0.25) is 0 Å². The van der Waals surface area contributed by atoms with Crippen molar-refractivity contribution in [1.29, 1.82) is 0 Å². The molecule has 0 spiro atoms. The van der Waals surface area contributed by atoms with Gasteiger partial charge >= 0.3 is 5.97 Å². The first-order valence-electron chi connectivity index (χ1n) is 9.17. The van der Waals surface area contributed by atoms with E-state index < -0.39 is 5.97 Å². The van der Waals surface area contributed by atoms with E-state index in [2.05, 4.69) is 28.7 Å². The number of rotatable bonds is 5. The zero-order chi connectivity index (χ0) is 18.0. The number of likely N-dealkylation sites (N-methyl/N-ethyl adjacent to an activating group) is 1. The molecule has 1 N–H and O–H groups in total. The third-order valence-corrected chi connectivity index (χ3v) is 6.73. The van der Waals surface area contributed by atoms with E-state index in [1.165, 1.54) is 0 Å². The predicted molar refractivity (Wildman–Crippen MR) is 103 cm³/mol. The van der Waals surface area contributed by atoms with Gasteiger partial charge in [-0.05, 0) is 33.7 Å². The minimum atomic E-state index is -0.808. The van der Waals surface area contributed by atoms with Crippen molar-refractivity contribution in [3.05, 3.63) is 11.1 Å². The number of aromatic carboxylic acids is 1. The summed E-state index contributed by atoms with van der Waals surface area (Å²) in [5.41, 5.74) is 1.41. The molecule has 0 bridgehead atoms. The molecule has 1 aromatic rings. The van der Waals surface area contributed by atoms with Gasteiger partial charge < -0.3 is 24.5 Å². The highest BCUT2D eigenvalue weighted by Crippen LogP contribution is 2.43. The lowest BCUT2D eigenvalue weighted by atomic mass is 10.1. The number of carboxylic acids is 1. The molecular weight excluding hydrogens is 338 g/mol. The van der Waals surface area contributed by atoms with E-state index in [1.807, 2.05) is 6.92 Å². The zero-order valence-electron chi connectivity index (χ0n) is 15.5. The number of ether oxygens (including phenoxy) is 1. The molecule has 2 aliphatic heterocycles. The lowest BCUT2D eigenvalue weighted by molar-refractivity contribution is 0.0697. The van der Waals surface area contributed by atoms with E-state index in [4.69, 9.17) is 4.74 Å². The molecule has 1 aromatic heterocycles. The van der Waals surface area contributed by atoms with Crippen LogP contribution in [0, 0.1) is 6.92 Å². The molecule has 2 aliphatic rings. The highest BCUT2D eigenvalue weighted by molar-refractivity contribution is 7.20. The Morgan fingerprint density at radius 1 is 1.28 bits per heavy atom. The minimum absolute atomic E-state index is 0.443. The van der Waals surface area contributed by atoms with Crippen LogP contribution >= 0.6 is 11.3 Å². The van der Waals surface area contributed by atoms with Gasteiger partial charge in [0.05, 0.1) is 10.6 Å². The predicted octanol–water partition coefficient (Wildman–Crippen LogP) is 2.51. The SMILES string of the molecule is CCN(c1sc(N2CCN(C)CC2)c(C(=O)O)c1C)C1CCOCC1. The number of hydrogen-bond acceptors (Lipinski definition) is 6. The van der Waals surface area contributed by atoms with Crippen LogP contribution in [0.4, 0.5) is 10.0 Å². The van der Waals surface area contributed by atoms with E-state index in [0.717, 1.165) is 74.3 Å². The fourth-order valence-corrected chi connectivity index (χ4v) is 5.30. The average Bonchev–Trinajstić information content (AvgIpc) is 2.95. The lowest BCUT2D eigenvalue weighted by Gasteiger charge is -2.35. The molecule has 3 rings (SSSR count). The maximum absolute atomic E-state index is 12.0. The summed E-state index contributed by atoms with van der Waals surface area (Å²) in [5.74, 6) is -0.808. The van der Waals surface area contributed by atoms with Crippen LogP contribution in [0.15, 0.2) is 0 Å². The van der Waals surface area contributed by atoms with Gasteiger partial charge in [-0.3, -0.25) is 0 Å². The molecule has 6 nitrogen and oxygen atoms in total. The Hall–Kier alpha value is -1.31. The molecule has 0 atom stereocenters. The number of hydrogen-bond donors (Lipinski definition) is 1. The molecular formula is C18H29N3O3S. The molecule has 25 heavy (non-hydrogen) atoms. The molecule has 2 saturated heterocycles. The molecule has 0 aliphatic carbocycles. The van der Waals surface area contributed by atoms with Gasteiger partial charge in [-0.1, -0.05) is 11.3 Å². The maximum atomic E-state index is 12.0. The summed E-state index contributed by atoms with van der Waals surface area (Å²) in [5, 5.41) is 11.9. The summed E-state index contributed by atoms with van der Waals surface area (Å²) in [6, 6.07) is 0.443. The molecule has 140 valence electrons. The molecule has 0 unspecified atom stereocenters. The van der Waals surface area contributed by atoms with Gasteiger partial charge in [-0.25, -0.2) is 4.79 Å². The largest absolute Gasteiger partial charge is 0.478 e. The molecule has 3 heterocycles. The van der Waals surface area contributed by atoms with Gasteiger partial charge in [-0.15, -0.1) is 0 Å². The van der Waals surface area contributed by atoms with Crippen molar-refractivity contribution in [1.82, 2.24) is 4.90 Å². The van der Waals surface area contributed by atoms with Crippen LogP contribution < -0.4 is 9.80 Å². The van der Waals surface area contributed by atoms with Gasteiger partial charge in [-0.2, -0.15) is 0 Å². The smallest absolute Gasteiger partial charge is 0.339 e. The number of anilines is 2. The fraction of sp³-hybridized carbons (Fsp3) is 0.722. The van der Waals surface area contributed by atoms with Crippen LogP contribution in [-0.2, 0) is 4.74 Å². The first kappa shape index (κ1) is 18.5. The first-order valence-corrected chi connectivity index (χ1v) is 9.99. The number of nitrogens with zero attached hydrogens (tertiary/aromatic N) is 3. The van der Waals surface area contributed by atoms with Crippen LogP contribution in [0.25, 0.3) is 0 Å². The molecule has 7 heteroatoms. The van der Waals surface area contributed by atoms with Gasteiger partial charge in [0.15, 0.2) is 0 Å². The summed E-state index contributed by atoms with van der Waals surface area (Å²) in [6.45, 7) is 10.3. The number of thiophene rings is 1. The summed E-state index contributed by atoms with van der Waals surface area (Å²) in [7, 11) is 2.12. The van der Waals surface area contributed by atoms with E-state index >= 15 is 0 Å². The van der Waals surface area contributed by atoms with Gasteiger partial charge in [0.2, 0.25) is 0 Å². The second kappa shape index (κ2) is 7.93. The average molecular weight is 368 g/mol. The maximum Gasteiger partial charge on any atom is 0.339 e. The summed E-state index contributed by atoms with van der Waals surface area (Å²) in [4.78, 5) is 18.9. The van der Waals surface area contributed by atoms with Crippen LogP contribution in [0.5, 0.6) is 0 Å². The fourth-order valence-electron chi connectivity index (χ4n) is 3.81. The third kappa shape index (κ3) is 3.78.